The minimum atomic E-state index is -3.48. The molecule has 19 heavy (non-hydrogen) atoms. The first-order chi connectivity index (χ1) is 9.12. The van der Waals surface area contributed by atoms with Crippen LogP contribution in [0.25, 0.3) is 0 Å². The Morgan fingerprint density at radius 1 is 1.16 bits per heavy atom. The van der Waals surface area contributed by atoms with E-state index in [1.807, 2.05) is 12.1 Å². The van der Waals surface area contributed by atoms with Crippen molar-refractivity contribution in [3.8, 4) is 0 Å². The van der Waals surface area contributed by atoms with Crippen LogP contribution in [0.1, 0.15) is 24.7 Å². The summed E-state index contributed by atoms with van der Waals surface area (Å²) in [6.45, 7) is 2.25. The fourth-order valence-corrected chi connectivity index (χ4v) is 2.78. The van der Waals surface area contributed by atoms with Crippen molar-refractivity contribution in [2.45, 2.75) is 31.2 Å². The van der Waals surface area contributed by atoms with Crippen molar-refractivity contribution in [3.05, 3.63) is 54.0 Å². The Morgan fingerprint density at radius 3 is 2.47 bits per heavy atom. The Hall–Kier alpha value is -1.59. The van der Waals surface area contributed by atoms with Gasteiger partial charge in [0.25, 0.3) is 0 Å². The summed E-state index contributed by atoms with van der Waals surface area (Å²) in [4.78, 5) is 0.277. The molecule has 0 spiro atoms. The summed E-state index contributed by atoms with van der Waals surface area (Å²) in [6.07, 6.45) is 3.52. The maximum atomic E-state index is 12.0. The first kappa shape index (κ1) is 13.8. The molecule has 2 rings (SSSR count). The van der Waals surface area contributed by atoms with Crippen LogP contribution >= 0.6 is 0 Å². The van der Waals surface area contributed by atoms with Gasteiger partial charge < -0.3 is 4.42 Å². The molecule has 1 heterocycles. The molecule has 0 aliphatic carbocycles. The molecule has 0 aliphatic rings. The molecule has 0 saturated carbocycles. The highest BCUT2D eigenvalue weighted by atomic mass is 32.2. The third-order valence-corrected chi connectivity index (χ3v) is 4.21. The maximum Gasteiger partial charge on any atom is 0.240 e. The lowest BCUT2D eigenvalue weighted by molar-refractivity contribution is 0.498. The van der Waals surface area contributed by atoms with Gasteiger partial charge in [0, 0.05) is 0 Å². The van der Waals surface area contributed by atoms with Gasteiger partial charge in [0.2, 0.25) is 10.0 Å². The SMILES string of the molecule is CCCc1ccc(S(=O)(=O)NCc2ccco2)cc1. The molecule has 0 amide bonds. The Kier molecular flexibility index (Phi) is 4.39. The van der Waals surface area contributed by atoms with Gasteiger partial charge in [-0.25, -0.2) is 13.1 Å². The van der Waals surface area contributed by atoms with E-state index in [2.05, 4.69) is 11.6 Å². The van der Waals surface area contributed by atoms with E-state index in [9.17, 15) is 8.42 Å². The predicted octanol–water partition coefficient (Wildman–Crippen LogP) is 2.71. The molecule has 1 aromatic heterocycles. The molecule has 0 aliphatic heterocycles. The van der Waals surface area contributed by atoms with E-state index in [1.54, 1.807) is 24.3 Å². The quantitative estimate of drug-likeness (QED) is 0.884. The fourth-order valence-electron chi connectivity index (χ4n) is 1.79. The van der Waals surface area contributed by atoms with E-state index in [4.69, 9.17) is 4.42 Å². The van der Waals surface area contributed by atoms with Crippen LogP contribution in [-0.2, 0) is 23.0 Å². The van der Waals surface area contributed by atoms with Crippen molar-refractivity contribution in [2.75, 3.05) is 0 Å². The zero-order chi connectivity index (χ0) is 13.7. The Bertz CT molecular complexity index is 601. The molecule has 0 unspecified atom stereocenters. The molecule has 0 fully saturated rings. The van der Waals surface area contributed by atoms with Gasteiger partial charge in [-0.2, -0.15) is 0 Å². The van der Waals surface area contributed by atoms with Crippen LogP contribution in [0.5, 0.6) is 0 Å². The van der Waals surface area contributed by atoms with Gasteiger partial charge in [-0.05, 0) is 36.2 Å². The molecule has 5 heteroatoms. The average molecular weight is 279 g/mol. The summed E-state index contributed by atoms with van der Waals surface area (Å²) in [5, 5.41) is 0. The van der Waals surface area contributed by atoms with Gasteiger partial charge >= 0.3 is 0 Å². The lowest BCUT2D eigenvalue weighted by atomic mass is 10.1. The standard InChI is InChI=1S/C14H17NO3S/c1-2-4-12-6-8-14(9-7-12)19(16,17)15-11-13-5-3-10-18-13/h3,5-10,15H,2,4,11H2,1H3. The van der Waals surface area contributed by atoms with Crippen LogP contribution in [0.4, 0.5) is 0 Å². The molecule has 2 aromatic rings. The number of rotatable bonds is 6. The molecule has 0 bridgehead atoms. The summed E-state index contributed by atoms with van der Waals surface area (Å²) in [7, 11) is -3.48. The molecular formula is C14H17NO3S. The highest BCUT2D eigenvalue weighted by molar-refractivity contribution is 7.89. The third kappa shape index (κ3) is 3.68. The highest BCUT2D eigenvalue weighted by Crippen LogP contribution is 2.12. The molecule has 0 radical (unpaired) electrons. The van der Waals surface area contributed by atoms with E-state index in [0.29, 0.717) is 5.76 Å². The van der Waals surface area contributed by atoms with E-state index in [-0.39, 0.29) is 11.4 Å². The minimum absolute atomic E-state index is 0.159. The van der Waals surface area contributed by atoms with E-state index in [0.717, 1.165) is 18.4 Å². The average Bonchev–Trinajstić information content (AvgIpc) is 2.91. The normalized spacial score (nSPS) is 11.6. The summed E-state index contributed by atoms with van der Waals surface area (Å²) in [5.41, 5.74) is 1.15. The summed E-state index contributed by atoms with van der Waals surface area (Å²) < 4.78 is 31.7. The van der Waals surface area contributed by atoms with Crippen molar-refractivity contribution in [3.63, 3.8) is 0 Å². The summed E-state index contributed by atoms with van der Waals surface area (Å²) in [6, 6.07) is 10.4. The van der Waals surface area contributed by atoms with Gasteiger partial charge in [0.05, 0.1) is 17.7 Å². The van der Waals surface area contributed by atoms with Crippen molar-refractivity contribution in [1.29, 1.82) is 0 Å². The molecule has 102 valence electrons. The number of hydrogen-bond donors (Lipinski definition) is 1. The number of benzene rings is 1. The van der Waals surface area contributed by atoms with E-state index in [1.165, 1.54) is 6.26 Å². The summed E-state index contributed by atoms with van der Waals surface area (Å²) in [5.74, 6) is 0.589. The molecule has 4 nitrogen and oxygen atoms in total. The van der Waals surface area contributed by atoms with E-state index < -0.39 is 10.0 Å². The molecule has 1 aromatic carbocycles. The number of furan rings is 1. The lowest BCUT2D eigenvalue weighted by Gasteiger charge is -2.06. The summed E-state index contributed by atoms with van der Waals surface area (Å²) >= 11 is 0. The van der Waals surface area contributed by atoms with Crippen LogP contribution in [-0.4, -0.2) is 8.42 Å². The Labute approximate surface area is 113 Å². The monoisotopic (exact) mass is 279 g/mol. The zero-order valence-electron chi connectivity index (χ0n) is 10.8. The van der Waals surface area contributed by atoms with Gasteiger partial charge in [-0.15, -0.1) is 0 Å². The molecule has 1 N–H and O–H groups in total. The van der Waals surface area contributed by atoms with Crippen molar-refractivity contribution >= 4 is 10.0 Å². The fraction of sp³-hybridized carbons (Fsp3) is 0.286. The van der Waals surface area contributed by atoms with Crippen LogP contribution in [0, 0.1) is 0 Å². The number of hydrogen-bond acceptors (Lipinski definition) is 3. The van der Waals surface area contributed by atoms with Crippen molar-refractivity contribution in [1.82, 2.24) is 4.72 Å². The number of sulfonamides is 1. The zero-order valence-corrected chi connectivity index (χ0v) is 11.6. The topological polar surface area (TPSA) is 59.3 Å². The number of aryl methyl sites for hydroxylation is 1. The van der Waals surface area contributed by atoms with Crippen LogP contribution < -0.4 is 4.72 Å². The van der Waals surface area contributed by atoms with Crippen molar-refractivity contribution in [2.24, 2.45) is 0 Å². The molecule has 0 atom stereocenters. The van der Waals surface area contributed by atoms with Crippen LogP contribution in [0.3, 0.4) is 0 Å². The second kappa shape index (κ2) is 6.04. The third-order valence-electron chi connectivity index (χ3n) is 2.79. The Balaban J connectivity index is 2.06. The van der Waals surface area contributed by atoms with Crippen molar-refractivity contribution < 1.29 is 12.8 Å². The maximum absolute atomic E-state index is 12.0. The lowest BCUT2D eigenvalue weighted by Crippen LogP contribution is -2.22. The van der Waals surface area contributed by atoms with Gasteiger partial charge in [-0.3, -0.25) is 0 Å². The predicted molar refractivity (Wildman–Crippen MR) is 73.2 cm³/mol. The van der Waals surface area contributed by atoms with Gasteiger partial charge in [-0.1, -0.05) is 25.5 Å². The molecule has 0 saturated heterocycles. The Morgan fingerprint density at radius 2 is 1.89 bits per heavy atom. The van der Waals surface area contributed by atoms with Gasteiger partial charge in [0.1, 0.15) is 5.76 Å². The highest BCUT2D eigenvalue weighted by Gasteiger charge is 2.13. The van der Waals surface area contributed by atoms with E-state index >= 15 is 0 Å². The number of nitrogens with one attached hydrogen (secondary N) is 1. The largest absolute Gasteiger partial charge is 0.468 e. The van der Waals surface area contributed by atoms with Gasteiger partial charge in [0.15, 0.2) is 0 Å². The second-order valence-corrected chi connectivity index (χ2v) is 6.06. The molecular weight excluding hydrogens is 262 g/mol. The second-order valence-electron chi connectivity index (χ2n) is 4.30. The smallest absolute Gasteiger partial charge is 0.240 e. The first-order valence-corrected chi connectivity index (χ1v) is 7.71. The van der Waals surface area contributed by atoms with Crippen LogP contribution in [0.15, 0.2) is 52.0 Å². The minimum Gasteiger partial charge on any atom is -0.468 e. The first-order valence-electron chi connectivity index (χ1n) is 6.23. The van der Waals surface area contributed by atoms with Crippen LogP contribution in [0.2, 0.25) is 0 Å².